The zero-order chi connectivity index (χ0) is 30.5. The molecular formula is C33H35N3O7. The molecule has 1 atom stereocenters. The molecule has 1 amide bonds. The fourth-order valence-electron chi connectivity index (χ4n) is 5.35. The second-order valence-electron chi connectivity index (χ2n) is 10.1. The second-order valence-corrected chi connectivity index (χ2v) is 10.1. The predicted molar refractivity (Wildman–Crippen MR) is 162 cm³/mol. The Kier molecular flexibility index (Phi) is 8.94. The van der Waals surface area contributed by atoms with Crippen molar-refractivity contribution in [2.24, 2.45) is 5.92 Å². The Labute approximate surface area is 250 Å². The van der Waals surface area contributed by atoms with E-state index in [1.165, 1.54) is 0 Å². The number of nitrogens with zero attached hydrogens (tertiary/aromatic N) is 3. The Morgan fingerprint density at radius 2 is 1.35 bits per heavy atom. The number of rotatable bonds is 9. The molecule has 4 aromatic rings. The SMILES string of the molecule is CCOC(=O)[C@H]1CCCN(C(=O)c2ccc3nc(-c4ccc(OC)c(OC)c4)c(-c4ccc(OC)c(OC)c4)nc3c2)C1. The van der Waals surface area contributed by atoms with Crippen LogP contribution in [0.3, 0.4) is 0 Å². The summed E-state index contributed by atoms with van der Waals surface area (Å²) in [5.74, 6) is 1.55. The van der Waals surface area contributed by atoms with Gasteiger partial charge in [-0.3, -0.25) is 9.59 Å². The van der Waals surface area contributed by atoms with Gasteiger partial charge in [0.15, 0.2) is 23.0 Å². The first kappa shape index (κ1) is 29.6. The van der Waals surface area contributed by atoms with Gasteiger partial charge in [-0.05, 0) is 74.4 Å². The maximum atomic E-state index is 13.6. The summed E-state index contributed by atoms with van der Waals surface area (Å²) < 4.78 is 27.2. The minimum absolute atomic E-state index is 0.158. The van der Waals surface area contributed by atoms with Crippen LogP contribution in [0.5, 0.6) is 23.0 Å². The lowest BCUT2D eigenvalue weighted by Gasteiger charge is -2.31. The van der Waals surface area contributed by atoms with Crippen LogP contribution >= 0.6 is 0 Å². The summed E-state index contributed by atoms with van der Waals surface area (Å²) in [6, 6.07) is 16.4. The summed E-state index contributed by atoms with van der Waals surface area (Å²) in [5, 5.41) is 0. The quantitative estimate of drug-likeness (QED) is 0.238. The number of likely N-dealkylation sites (tertiary alicyclic amines) is 1. The molecule has 1 aromatic heterocycles. The minimum Gasteiger partial charge on any atom is -0.493 e. The third-order valence-electron chi connectivity index (χ3n) is 7.55. The number of aromatic nitrogens is 2. The molecular weight excluding hydrogens is 550 g/mol. The number of methoxy groups -OCH3 is 4. The van der Waals surface area contributed by atoms with Crippen molar-refractivity contribution in [2.45, 2.75) is 19.8 Å². The van der Waals surface area contributed by atoms with Crippen LogP contribution < -0.4 is 18.9 Å². The summed E-state index contributed by atoms with van der Waals surface area (Å²) >= 11 is 0. The van der Waals surface area contributed by atoms with E-state index in [0.29, 0.717) is 77.1 Å². The van der Waals surface area contributed by atoms with Crippen molar-refractivity contribution in [1.29, 1.82) is 0 Å². The summed E-state index contributed by atoms with van der Waals surface area (Å²) in [5.41, 5.74) is 4.38. The van der Waals surface area contributed by atoms with Crippen LogP contribution in [0.2, 0.25) is 0 Å². The third kappa shape index (κ3) is 6.04. The van der Waals surface area contributed by atoms with Crippen LogP contribution in [0.25, 0.3) is 33.5 Å². The average molecular weight is 586 g/mol. The number of ether oxygens (including phenoxy) is 5. The number of carbonyl (C=O) groups is 2. The first-order valence-electron chi connectivity index (χ1n) is 14.1. The molecule has 1 aliphatic heterocycles. The molecule has 0 radical (unpaired) electrons. The fourth-order valence-corrected chi connectivity index (χ4v) is 5.35. The van der Waals surface area contributed by atoms with Crippen LogP contribution in [0.15, 0.2) is 54.6 Å². The summed E-state index contributed by atoms with van der Waals surface area (Å²) in [6.45, 7) is 3.01. The number of carbonyl (C=O) groups excluding carboxylic acids is 2. The molecule has 0 saturated carbocycles. The van der Waals surface area contributed by atoms with Crippen LogP contribution in [0.1, 0.15) is 30.1 Å². The van der Waals surface area contributed by atoms with Crippen LogP contribution in [-0.4, -0.2) is 74.9 Å². The van der Waals surface area contributed by atoms with Gasteiger partial charge in [-0.25, -0.2) is 9.97 Å². The van der Waals surface area contributed by atoms with E-state index in [-0.39, 0.29) is 17.8 Å². The monoisotopic (exact) mass is 585 g/mol. The standard InChI is InChI=1S/C33H35N3O7/c1-6-43-33(38)23-8-7-15-36(19-23)32(37)22-9-12-24-25(16-22)35-31(21-11-14-27(40-3)29(18-21)42-5)30(34-24)20-10-13-26(39-2)28(17-20)41-4/h9-14,16-18,23H,6-8,15,19H2,1-5H3/t23-/m0/s1. The normalized spacial score (nSPS) is 14.7. The highest BCUT2D eigenvalue weighted by molar-refractivity contribution is 5.98. The maximum Gasteiger partial charge on any atom is 0.310 e. The molecule has 0 bridgehead atoms. The van der Waals surface area contributed by atoms with Gasteiger partial charge in [-0.1, -0.05) is 0 Å². The first-order valence-corrected chi connectivity index (χ1v) is 14.1. The molecule has 5 rings (SSSR count). The summed E-state index contributed by atoms with van der Waals surface area (Å²) in [6.07, 6.45) is 1.44. The van der Waals surface area contributed by atoms with E-state index < -0.39 is 0 Å². The molecule has 43 heavy (non-hydrogen) atoms. The van der Waals surface area contributed by atoms with Crippen molar-refractivity contribution in [3.8, 4) is 45.5 Å². The van der Waals surface area contributed by atoms with E-state index in [0.717, 1.165) is 17.5 Å². The number of fused-ring (bicyclic) bond motifs is 1. The molecule has 2 heterocycles. The Balaban J connectivity index is 1.60. The minimum atomic E-state index is -0.321. The number of benzene rings is 3. The molecule has 10 heteroatoms. The van der Waals surface area contributed by atoms with Gasteiger partial charge in [0.2, 0.25) is 0 Å². The lowest BCUT2D eigenvalue weighted by atomic mass is 9.97. The summed E-state index contributed by atoms with van der Waals surface area (Å²) in [7, 11) is 6.33. The number of amides is 1. The maximum absolute atomic E-state index is 13.6. The molecule has 3 aromatic carbocycles. The smallest absolute Gasteiger partial charge is 0.310 e. The van der Waals surface area contributed by atoms with E-state index in [2.05, 4.69) is 0 Å². The first-order chi connectivity index (χ1) is 20.9. The molecule has 0 aliphatic carbocycles. The Hall–Kier alpha value is -4.86. The molecule has 1 saturated heterocycles. The largest absolute Gasteiger partial charge is 0.493 e. The van der Waals surface area contributed by atoms with Crippen molar-refractivity contribution >= 4 is 22.9 Å². The molecule has 0 spiro atoms. The zero-order valence-corrected chi connectivity index (χ0v) is 25.0. The average Bonchev–Trinajstić information content (AvgIpc) is 3.06. The third-order valence-corrected chi connectivity index (χ3v) is 7.55. The van der Waals surface area contributed by atoms with Gasteiger partial charge in [-0.15, -0.1) is 0 Å². The van der Waals surface area contributed by atoms with Gasteiger partial charge in [0, 0.05) is 29.8 Å². The number of esters is 1. The fraction of sp³-hybridized carbons (Fsp3) is 0.333. The van der Waals surface area contributed by atoms with E-state index >= 15 is 0 Å². The van der Waals surface area contributed by atoms with Gasteiger partial charge < -0.3 is 28.6 Å². The van der Waals surface area contributed by atoms with Crippen LogP contribution in [0, 0.1) is 5.92 Å². The molecule has 1 aliphatic rings. The van der Waals surface area contributed by atoms with Crippen LogP contribution in [0.4, 0.5) is 0 Å². The van der Waals surface area contributed by atoms with Gasteiger partial charge in [0.25, 0.3) is 5.91 Å². The topological polar surface area (TPSA) is 109 Å². The molecule has 1 fully saturated rings. The van der Waals surface area contributed by atoms with E-state index in [4.69, 9.17) is 33.7 Å². The lowest BCUT2D eigenvalue weighted by Crippen LogP contribution is -2.42. The highest BCUT2D eigenvalue weighted by Gasteiger charge is 2.30. The van der Waals surface area contributed by atoms with Gasteiger partial charge in [-0.2, -0.15) is 0 Å². The van der Waals surface area contributed by atoms with Crippen LogP contribution in [-0.2, 0) is 9.53 Å². The van der Waals surface area contributed by atoms with Gasteiger partial charge >= 0.3 is 5.97 Å². The molecule has 10 nitrogen and oxygen atoms in total. The highest BCUT2D eigenvalue weighted by Crippen LogP contribution is 2.39. The lowest BCUT2D eigenvalue weighted by molar-refractivity contribution is -0.149. The van der Waals surface area contributed by atoms with Crippen molar-refractivity contribution in [2.75, 3.05) is 48.1 Å². The predicted octanol–water partition coefficient (Wildman–Crippen LogP) is 5.41. The molecule has 224 valence electrons. The van der Waals surface area contributed by atoms with Gasteiger partial charge in [0.1, 0.15) is 0 Å². The highest BCUT2D eigenvalue weighted by atomic mass is 16.5. The molecule has 0 N–H and O–H groups in total. The Morgan fingerprint density at radius 3 is 1.91 bits per heavy atom. The molecule has 0 unspecified atom stereocenters. The van der Waals surface area contributed by atoms with Crippen molar-refractivity contribution in [3.05, 3.63) is 60.2 Å². The van der Waals surface area contributed by atoms with Crippen molar-refractivity contribution in [3.63, 3.8) is 0 Å². The Morgan fingerprint density at radius 1 is 0.767 bits per heavy atom. The summed E-state index contributed by atoms with van der Waals surface area (Å²) in [4.78, 5) is 37.7. The van der Waals surface area contributed by atoms with E-state index in [9.17, 15) is 9.59 Å². The number of piperidine rings is 1. The van der Waals surface area contributed by atoms with E-state index in [1.54, 1.807) is 58.5 Å². The number of hydrogen-bond donors (Lipinski definition) is 0. The van der Waals surface area contributed by atoms with Crippen molar-refractivity contribution in [1.82, 2.24) is 14.9 Å². The Bertz CT molecular complexity index is 1660. The van der Waals surface area contributed by atoms with Gasteiger partial charge in [0.05, 0.1) is 63.4 Å². The second kappa shape index (κ2) is 13.0. The zero-order valence-electron chi connectivity index (χ0n) is 25.0. The number of hydrogen-bond acceptors (Lipinski definition) is 9. The van der Waals surface area contributed by atoms with Crippen molar-refractivity contribution < 1.29 is 33.3 Å². The van der Waals surface area contributed by atoms with E-state index in [1.807, 2.05) is 36.4 Å².